The van der Waals surface area contributed by atoms with Crippen LogP contribution in [0.2, 0.25) is 0 Å². The first-order chi connectivity index (χ1) is 8.44. The highest BCUT2D eigenvalue weighted by atomic mass is 32.2. The summed E-state index contributed by atoms with van der Waals surface area (Å²) in [6.07, 6.45) is 1.40. The number of rotatable bonds is 4. The fourth-order valence-corrected chi connectivity index (χ4v) is 3.13. The molecule has 8 heteroatoms. The summed E-state index contributed by atoms with van der Waals surface area (Å²) in [5.74, 6) is -0.138. The summed E-state index contributed by atoms with van der Waals surface area (Å²) in [7, 11) is -1.97. The molecule has 18 heavy (non-hydrogen) atoms. The van der Waals surface area contributed by atoms with Crippen molar-refractivity contribution >= 4 is 31.6 Å². The van der Waals surface area contributed by atoms with Crippen LogP contribution in [-0.2, 0) is 16.6 Å². The van der Waals surface area contributed by atoms with Crippen LogP contribution in [0.15, 0.2) is 16.5 Å². The lowest BCUT2D eigenvalue weighted by molar-refractivity contribution is 0.579. The van der Waals surface area contributed by atoms with E-state index >= 15 is 0 Å². The predicted octanol–water partition coefficient (Wildman–Crippen LogP) is 0.316. The zero-order chi connectivity index (χ0) is 13.3. The van der Waals surface area contributed by atoms with Crippen LogP contribution >= 0.6 is 11.3 Å². The number of nitrogens with one attached hydrogen (secondary N) is 1. The summed E-state index contributed by atoms with van der Waals surface area (Å²) in [6, 6.07) is 0. The molecule has 98 valence electrons. The van der Waals surface area contributed by atoms with Gasteiger partial charge in [-0.25, -0.2) is 18.1 Å². The molecule has 0 unspecified atom stereocenters. The van der Waals surface area contributed by atoms with E-state index in [9.17, 15) is 13.2 Å². The van der Waals surface area contributed by atoms with Crippen LogP contribution in [0.3, 0.4) is 0 Å². The van der Waals surface area contributed by atoms with Crippen molar-refractivity contribution in [1.82, 2.24) is 14.3 Å². The molecule has 0 bridgehead atoms. The Kier molecular flexibility index (Phi) is 3.51. The van der Waals surface area contributed by atoms with Gasteiger partial charge in [0.15, 0.2) is 0 Å². The third kappa shape index (κ3) is 2.45. The van der Waals surface area contributed by atoms with Gasteiger partial charge in [-0.15, -0.1) is 11.3 Å². The second-order valence-corrected chi connectivity index (χ2v) is 6.79. The molecule has 1 N–H and O–H groups in total. The van der Waals surface area contributed by atoms with E-state index in [1.54, 1.807) is 0 Å². The molecule has 0 amide bonds. The van der Waals surface area contributed by atoms with Crippen molar-refractivity contribution in [3.8, 4) is 0 Å². The molecule has 0 atom stereocenters. The summed E-state index contributed by atoms with van der Waals surface area (Å²) in [4.78, 5) is 16.3. The zero-order valence-electron chi connectivity index (χ0n) is 10.0. The Bertz CT molecular complexity index is 730. The molecule has 2 aromatic rings. The fraction of sp³-hybridized carbons (Fsp3) is 0.400. The minimum Gasteiger partial charge on any atom is -0.297 e. The third-order valence-corrected chi connectivity index (χ3v) is 5.05. The number of hydrogen-bond donors (Lipinski definition) is 1. The maximum atomic E-state index is 12.1. The molecular weight excluding hydrogens is 274 g/mol. The van der Waals surface area contributed by atoms with Crippen molar-refractivity contribution in [2.45, 2.75) is 13.5 Å². The van der Waals surface area contributed by atoms with Crippen molar-refractivity contribution in [2.75, 3.05) is 12.8 Å². The standard InChI is InChI=1S/C10H13N3O3S2/c1-7-5-17-9-8(7)12-6-13(10(9)14)3-4-18(15,16)11-2/h5-6,11H,3-4H2,1-2H3. The van der Waals surface area contributed by atoms with E-state index in [2.05, 4.69) is 9.71 Å². The lowest BCUT2D eigenvalue weighted by atomic mass is 10.3. The second kappa shape index (κ2) is 4.79. The Labute approximate surface area is 108 Å². The number of nitrogens with zero attached hydrogens (tertiary/aromatic N) is 2. The quantitative estimate of drug-likeness (QED) is 0.878. The van der Waals surface area contributed by atoms with E-state index in [0.717, 1.165) is 5.56 Å². The normalized spacial score (nSPS) is 12.1. The Morgan fingerprint density at radius 1 is 1.50 bits per heavy atom. The van der Waals surface area contributed by atoms with Gasteiger partial charge in [0, 0.05) is 6.54 Å². The van der Waals surface area contributed by atoms with Crippen LogP contribution in [0.4, 0.5) is 0 Å². The number of aromatic nitrogens is 2. The van der Waals surface area contributed by atoms with Crippen LogP contribution in [0.25, 0.3) is 10.2 Å². The summed E-state index contributed by atoms with van der Waals surface area (Å²) >= 11 is 1.33. The van der Waals surface area contributed by atoms with E-state index in [0.29, 0.717) is 10.2 Å². The average Bonchev–Trinajstić information content (AvgIpc) is 2.71. The number of thiophene rings is 1. The Hall–Kier alpha value is -1.25. The molecule has 6 nitrogen and oxygen atoms in total. The maximum Gasteiger partial charge on any atom is 0.271 e. The van der Waals surface area contributed by atoms with Crippen LogP contribution in [-0.4, -0.2) is 30.8 Å². The van der Waals surface area contributed by atoms with E-state index in [1.807, 2.05) is 12.3 Å². The molecule has 0 radical (unpaired) electrons. The first kappa shape index (κ1) is 13.2. The predicted molar refractivity (Wildman–Crippen MR) is 71.5 cm³/mol. The van der Waals surface area contributed by atoms with Gasteiger partial charge in [0.25, 0.3) is 5.56 Å². The SMILES string of the molecule is CNS(=O)(=O)CCn1cnc2c(C)csc2c1=O. The van der Waals surface area contributed by atoms with Crippen LogP contribution in [0, 0.1) is 6.92 Å². The van der Waals surface area contributed by atoms with Gasteiger partial charge in [0.05, 0.1) is 17.6 Å². The van der Waals surface area contributed by atoms with Gasteiger partial charge in [-0.05, 0) is 24.9 Å². The van der Waals surface area contributed by atoms with Crippen molar-refractivity contribution in [2.24, 2.45) is 0 Å². The Morgan fingerprint density at radius 3 is 2.89 bits per heavy atom. The molecule has 0 fully saturated rings. The molecule has 0 aliphatic heterocycles. The van der Waals surface area contributed by atoms with Gasteiger partial charge in [-0.2, -0.15) is 0 Å². The van der Waals surface area contributed by atoms with Gasteiger partial charge in [0.1, 0.15) is 4.70 Å². The number of fused-ring (bicyclic) bond motifs is 1. The number of hydrogen-bond acceptors (Lipinski definition) is 5. The summed E-state index contributed by atoms with van der Waals surface area (Å²) in [5.41, 5.74) is 1.46. The summed E-state index contributed by atoms with van der Waals surface area (Å²) in [5, 5.41) is 1.87. The van der Waals surface area contributed by atoms with Gasteiger partial charge >= 0.3 is 0 Å². The average molecular weight is 287 g/mol. The Morgan fingerprint density at radius 2 is 2.22 bits per heavy atom. The zero-order valence-corrected chi connectivity index (χ0v) is 11.6. The number of aryl methyl sites for hydroxylation is 2. The van der Waals surface area contributed by atoms with E-state index < -0.39 is 10.0 Å². The Balaban J connectivity index is 2.36. The van der Waals surface area contributed by atoms with Crippen molar-refractivity contribution < 1.29 is 8.42 Å². The molecule has 0 saturated carbocycles. The lowest BCUT2D eigenvalue weighted by Gasteiger charge is -2.05. The highest BCUT2D eigenvalue weighted by molar-refractivity contribution is 7.89. The van der Waals surface area contributed by atoms with Crippen molar-refractivity contribution in [3.63, 3.8) is 0 Å². The minimum absolute atomic E-state index is 0.0991. The molecule has 0 aliphatic carbocycles. The van der Waals surface area contributed by atoms with Crippen LogP contribution in [0.5, 0.6) is 0 Å². The minimum atomic E-state index is -3.32. The lowest BCUT2D eigenvalue weighted by Crippen LogP contribution is -2.28. The first-order valence-electron chi connectivity index (χ1n) is 5.29. The molecule has 0 saturated heterocycles. The highest BCUT2D eigenvalue weighted by Gasteiger charge is 2.11. The molecular formula is C10H13N3O3S2. The molecule has 2 rings (SSSR count). The van der Waals surface area contributed by atoms with E-state index in [-0.39, 0.29) is 17.9 Å². The summed E-state index contributed by atoms with van der Waals surface area (Å²) < 4.78 is 26.7. The number of sulfonamides is 1. The van der Waals surface area contributed by atoms with Gasteiger partial charge in [-0.1, -0.05) is 0 Å². The third-order valence-electron chi connectivity index (χ3n) is 2.64. The fourth-order valence-electron chi connectivity index (χ4n) is 1.54. The van der Waals surface area contributed by atoms with Gasteiger partial charge in [-0.3, -0.25) is 9.36 Å². The molecule has 0 spiro atoms. The first-order valence-corrected chi connectivity index (χ1v) is 7.82. The van der Waals surface area contributed by atoms with E-state index in [1.165, 1.54) is 29.3 Å². The van der Waals surface area contributed by atoms with Gasteiger partial charge < -0.3 is 0 Å². The smallest absolute Gasteiger partial charge is 0.271 e. The highest BCUT2D eigenvalue weighted by Crippen LogP contribution is 2.19. The molecule has 2 heterocycles. The monoisotopic (exact) mass is 287 g/mol. The van der Waals surface area contributed by atoms with Crippen molar-refractivity contribution in [1.29, 1.82) is 0 Å². The van der Waals surface area contributed by atoms with Crippen LogP contribution < -0.4 is 10.3 Å². The van der Waals surface area contributed by atoms with Gasteiger partial charge in [0.2, 0.25) is 10.0 Å². The topological polar surface area (TPSA) is 81.1 Å². The van der Waals surface area contributed by atoms with Crippen LogP contribution in [0.1, 0.15) is 5.56 Å². The maximum absolute atomic E-state index is 12.1. The molecule has 0 aromatic carbocycles. The second-order valence-electron chi connectivity index (χ2n) is 3.86. The largest absolute Gasteiger partial charge is 0.297 e. The van der Waals surface area contributed by atoms with E-state index in [4.69, 9.17) is 0 Å². The molecule has 0 aliphatic rings. The molecule has 2 aromatic heterocycles. The summed E-state index contributed by atoms with van der Waals surface area (Å²) in [6.45, 7) is 1.99. The van der Waals surface area contributed by atoms with Crippen molar-refractivity contribution in [3.05, 3.63) is 27.6 Å².